The van der Waals surface area contributed by atoms with Gasteiger partial charge in [-0.1, -0.05) is 54.6 Å². The van der Waals surface area contributed by atoms with Crippen molar-refractivity contribution in [2.75, 3.05) is 5.43 Å². The molecule has 4 rings (SSSR count). The average molecular weight is 412 g/mol. The first-order valence-corrected chi connectivity index (χ1v) is 9.34. The van der Waals surface area contributed by atoms with Crippen LogP contribution < -0.4 is 11.0 Å². The van der Waals surface area contributed by atoms with Gasteiger partial charge in [-0.25, -0.2) is 4.98 Å². The lowest BCUT2D eigenvalue weighted by Gasteiger charge is -2.13. The maximum atomic E-state index is 13.1. The zero-order chi connectivity index (χ0) is 21.8. The van der Waals surface area contributed by atoms with Gasteiger partial charge in [0.2, 0.25) is 0 Å². The summed E-state index contributed by atoms with van der Waals surface area (Å²) >= 11 is 0. The smallest absolute Gasteiger partial charge is 0.268 e. The monoisotopic (exact) mass is 412 g/mol. The van der Waals surface area contributed by atoms with E-state index in [0.717, 1.165) is 10.2 Å². The fourth-order valence-electron chi connectivity index (χ4n) is 3.07. The van der Waals surface area contributed by atoms with Crippen LogP contribution in [-0.2, 0) is 4.79 Å². The maximum absolute atomic E-state index is 13.1. The molecule has 0 saturated carbocycles. The van der Waals surface area contributed by atoms with Gasteiger partial charge in [0.05, 0.1) is 15.8 Å². The van der Waals surface area contributed by atoms with E-state index in [9.17, 15) is 19.7 Å². The normalized spacial score (nSPS) is 11.0. The summed E-state index contributed by atoms with van der Waals surface area (Å²) in [4.78, 5) is 40.8. The molecule has 0 radical (unpaired) electrons. The van der Waals surface area contributed by atoms with Gasteiger partial charge in [0.1, 0.15) is 0 Å². The van der Waals surface area contributed by atoms with Gasteiger partial charge in [-0.05, 0) is 23.8 Å². The second-order valence-corrected chi connectivity index (χ2v) is 6.62. The van der Waals surface area contributed by atoms with Crippen LogP contribution in [0.3, 0.4) is 0 Å². The molecular weight excluding hydrogens is 396 g/mol. The Morgan fingerprint density at radius 2 is 1.74 bits per heavy atom. The highest BCUT2D eigenvalue weighted by Gasteiger charge is 2.16. The summed E-state index contributed by atoms with van der Waals surface area (Å²) < 4.78 is 1.01. The molecule has 31 heavy (non-hydrogen) atoms. The lowest BCUT2D eigenvalue weighted by molar-refractivity contribution is -0.384. The van der Waals surface area contributed by atoms with Crippen molar-refractivity contribution >= 4 is 28.6 Å². The number of amides is 1. The van der Waals surface area contributed by atoms with Crippen molar-refractivity contribution in [3.63, 3.8) is 0 Å². The molecule has 0 bridgehead atoms. The van der Waals surface area contributed by atoms with E-state index in [2.05, 4.69) is 10.4 Å². The number of fused-ring (bicyclic) bond motifs is 1. The van der Waals surface area contributed by atoms with Crippen molar-refractivity contribution in [2.45, 2.75) is 0 Å². The zero-order valence-electron chi connectivity index (χ0n) is 16.1. The highest BCUT2D eigenvalue weighted by Crippen LogP contribution is 2.22. The first-order valence-electron chi connectivity index (χ1n) is 9.34. The van der Waals surface area contributed by atoms with Crippen LogP contribution >= 0.6 is 0 Å². The minimum atomic E-state index is -0.547. The Morgan fingerprint density at radius 1 is 1.00 bits per heavy atom. The molecule has 3 aromatic carbocycles. The number of benzene rings is 3. The van der Waals surface area contributed by atoms with Gasteiger partial charge in [0.15, 0.2) is 5.82 Å². The molecule has 1 N–H and O–H groups in total. The van der Waals surface area contributed by atoms with E-state index in [1.165, 1.54) is 24.3 Å². The Kier molecular flexibility index (Phi) is 5.35. The van der Waals surface area contributed by atoms with E-state index in [1.807, 2.05) is 30.3 Å². The topological polar surface area (TPSA) is 107 Å². The summed E-state index contributed by atoms with van der Waals surface area (Å²) in [6.45, 7) is 0. The number of hydrogen-bond acceptors (Lipinski definition) is 5. The van der Waals surface area contributed by atoms with Crippen LogP contribution in [0.15, 0.2) is 89.7 Å². The lowest BCUT2D eigenvalue weighted by Crippen LogP contribution is -2.34. The van der Waals surface area contributed by atoms with E-state index in [0.29, 0.717) is 16.5 Å². The third kappa shape index (κ3) is 4.23. The van der Waals surface area contributed by atoms with E-state index in [-0.39, 0.29) is 11.5 Å². The van der Waals surface area contributed by atoms with Gasteiger partial charge in [0, 0.05) is 23.8 Å². The first kappa shape index (κ1) is 19.7. The maximum Gasteiger partial charge on any atom is 0.280 e. The Labute approximate surface area is 176 Å². The number of carbonyl (C=O) groups is 1. The van der Waals surface area contributed by atoms with Crippen molar-refractivity contribution in [3.05, 3.63) is 111 Å². The first-order chi connectivity index (χ1) is 15.0. The van der Waals surface area contributed by atoms with Crippen molar-refractivity contribution in [1.29, 1.82) is 0 Å². The number of hydrogen-bond donors (Lipinski definition) is 1. The third-order valence-electron chi connectivity index (χ3n) is 4.54. The summed E-state index contributed by atoms with van der Waals surface area (Å²) in [6, 6.07) is 21.6. The van der Waals surface area contributed by atoms with E-state index in [4.69, 9.17) is 0 Å². The molecule has 0 unspecified atom stereocenters. The number of rotatable bonds is 5. The lowest BCUT2D eigenvalue weighted by atomic mass is 10.1. The molecule has 0 aliphatic carbocycles. The third-order valence-corrected chi connectivity index (χ3v) is 4.54. The molecule has 152 valence electrons. The molecule has 0 spiro atoms. The predicted molar refractivity (Wildman–Crippen MR) is 118 cm³/mol. The van der Waals surface area contributed by atoms with Crippen LogP contribution in [0.5, 0.6) is 0 Å². The van der Waals surface area contributed by atoms with E-state index < -0.39 is 16.4 Å². The number of non-ortho nitro benzene ring substituents is 1. The summed E-state index contributed by atoms with van der Waals surface area (Å²) in [7, 11) is 0. The molecule has 0 aliphatic heterocycles. The molecule has 8 nitrogen and oxygen atoms in total. The number of nitrogens with one attached hydrogen (secondary N) is 1. The van der Waals surface area contributed by atoms with Crippen molar-refractivity contribution in [3.8, 4) is 11.4 Å². The van der Waals surface area contributed by atoms with Gasteiger partial charge < -0.3 is 0 Å². The minimum absolute atomic E-state index is 0.0915. The molecule has 0 saturated heterocycles. The van der Waals surface area contributed by atoms with Crippen LogP contribution in [-0.4, -0.2) is 20.5 Å². The number of nitro benzene ring substituents is 1. The molecule has 0 aliphatic rings. The van der Waals surface area contributed by atoms with Crippen LogP contribution in [0.4, 0.5) is 5.69 Å². The molecule has 0 atom stereocenters. The van der Waals surface area contributed by atoms with Gasteiger partial charge in [-0.3, -0.25) is 25.1 Å². The van der Waals surface area contributed by atoms with Crippen LogP contribution in [0.2, 0.25) is 0 Å². The van der Waals surface area contributed by atoms with Gasteiger partial charge in [0.25, 0.3) is 17.2 Å². The molecule has 8 heteroatoms. The SMILES string of the molecule is O=C(/C=C/c1ccccc1)Nn1c(-c2cccc([N+](=O)[O-])c2)nc2ccccc2c1=O. The number of aromatic nitrogens is 2. The number of carbonyl (C=O) groups excluding carboxylic acids is 1. The fraction of sp³-hybridized carbons (Fsp3) is 0. The predicted octanol–water partition coefficient (Wildman–Crippen LogP) is 3.76. The number of nitro groups is 1. The van der Waals surface area contributed by atoms with Crippen molar-refractivity contribution in [2.24, 2.45) is 0 Å². The number of para-hydroxylation sites is 1. The largest absolute Gasteiger partial charge is 0.280 e. The van der Waals surface area contributed by atoms with E-state index in [1.54, 1.807) is 36.4 Å². The highest BCUT2D eigenvalue weighted by molar-refractivity contribution is 5.98. The van der Waals surface area contributed by atoms with Crippen LogP contribution in [0, 0.1) is 10.1 Å². The second kappa shape index (κ2) is 8.42. The molecular formula is C23H16N4O4. The molecule has 1 amide bonds. The quantitative estimate of drug-likeness (QED) is 0.305. The molecule has 1 heterocycles. The Hall–Kier alpha value is -4.59. The van der Waals surface area contributed by atoms with E-state index >= 15 is 0 Å². The second-order valence-electron chi connectivity index (χ2n) is 6.62. The Balaban J connectivity index is 1.80. The Bertz CT molecular complexity index is 1380. The minimum Gasteiger partial charge on any atom is -0.268 e. The molecule has 4 aromatic rings. The standard InChI is InChI=1S/C23H16N4O4/c28-21(14-13-16-7-2-1-3-8-16)25-26-22(17-9-6-10-18(15-17)27(30)31)24-20-12-5-4-11-19(20)23(26)29/h1-15H,(H,25,28)/b14-13+. The fourth-order valence-corrected chi connectivity index (χ4v) is 3.07. The van der Waals surface area contributed by atoms with Crippen LogP contribution in [0.1, 0.15) is 5.56 Å². The summed E-state index contributed by atoms with van der Waals surface area (Å²) in [5.74, 6) is -0.455. The van der Waals surface area contributed by atoms with Gasteiger partial charge >= 0.3 is 0 Å². The average Bonchev–Trinajstić information content (AvgIpc) is 2.80. The van der Waals surface area contributed by atoms with Crippen LogP contribution in [0.25, 0.3) is 28.4 Å². The van der Waals surface area contributed by atoms with Gasteiger partial charge in [-0.2, -0.15) is 4.68 Å². The molecule has 0 fully saturated rings. The summed E-state index contributed by atoms with van der Waals surface area (Å²) in [5.41, 5.74) is 3.45. The zero-order valence-corrected chi connectivity index (χ0v) is 16.1. The number of nitrogens with zero attached hydrogens (tertiary/aromatic N) is 3. The summed E-state index contributed by atoms with van der Waals surface area (Å²) in [6.07, 6.45) is 2.91. The highest BCUT2D eigenvalue weighted by atomic mass is 16.6. The molecule has 1 aromatic heterocycles. The van der Waals surface area contributed by atoms with Crippen molar-refractivity contribution < 1.29 is 9.72 Å². The van der Waals surface area contributed by atoms with Crippen molar-refractivity contribution in [1.82, 2.24) is 9.66 Å². The van der Waals surface area contributed by atoms with Gasteiger partial charge in [-0.15, -0.1) is 0 Å². The summed E-state index contributed by atoms with van der Waals surface area (Å²) in [5, 5.41) is 11.5. The Morgan fingerprint density at radius 3 is 2.52 bits per heavy atom.